The van der Waals surface area contributed by atoms with Crippen LogP contribution >= 0.6 is 0 Å². The first kappa shape index (κ1) is 13.1. The Kier molecular flexibility index (Phi) is 3.20. The van der Waals surface area contributed by atoms with Crippen molar-refractivity contribution < 1.29 is 0 Å². The van der Waals surface area contributed by atoms with Crippen molar-refractivity contribution in [3.63, 3.8) is 0 Å². The average molecular weight is 271 g/mol. The second-order valence-corrected chi connectivity index (χ2v) is 6.01. The van der Waals surface area contributed by atoms with E-state index >= 15 is 0 Å². The Morgan fingerprint density at radius 2 is 2.05 bits per heavy atom. The van der Waals surface area contributed by atoms with E-state index < -0.39 is 0 Å². The molecule has 106 valence electrons. The summed E-state index contributed by atoms with van der Waals surface area (Å²) in [5.74, 6) is 0.952. The number of imidazole rings is 1. The van der Waals surface area contributed by atoms with Gasteiger partial charge in [0.1, 0.15) is 0 Å². The summed E-state index contributed by atoms with van der Waals surface area (Å²) in [5.41, 5.74) is 2.38. The van der Waals surface area contributed by atoms with Crippen molar-refractivity contribution in [1.82, 2.24) is 19.7 Å². The molecule has 20 heavy (non-hydrogen) atoms. The van der Waals surface area contributed by atoms with Crippen molar-refractivity contribution in [2.45, 2.75) is 45.7 Å². The van der Waals surface area contributed by atoms with Gasteiger partial charge < -0.3 is 9.47 Å². The minimum Gasteiger partial charge on any atom is -0.347 e. The summed E-state index contributed by atoms with van der Waals surface area (Å²) >= 11 is 0. The predicted molar refractivity (Wildman–Crippen MR) is 78.6 cm³/mol. The molecular weight excluding hydrogens is 250 g/mol. The van der Waals surface area contributed by atoms with Gasteiger partial charge in [0.05, 0.1) is 24.3 Å². The molecule has 0 radical (unpaired) electrons. The molecule has 0 amide bonds. The van der Waals surface area contributed by atoms with E-state index in [1.165, 1.54) is 5.69 Å². The third kappa shape index (κ3) is 2.28. The number of fused-ring (bicyclic) bond motifs is 1. The van der Waals surface area contributed by atoms with E-state index in [0.29, 0.717) is 0 Å². The molecule has 0 spiro atoms. The van der Waals surface area contributed by atoms with Crippen LogP contribution < -0.4 is 4.90 Å². The summed E-state index contributed by atoms with van der Waals surface area (Å²) in [6.45, 7) is 9.35. The number of nitrogens with zero attached hydrogens (tertiary/aromatic N) is 5. The van der Waals surface area contributed by atoms with Crippen LogP contribution in [-0.4, -0.2) is 26.3 Å². The maximum atomic E-state index is 4.43. The summed E-state index contributed by atoms with van der Waals surface area (Å²) in [4.78, 5) is 6.45. The molecule has 2 aromatic rings. The quantitative estimate of drug-likeness (QED) is 0.860. The molecule has 1 aliphatic rings. The van der Waals surface area contributed by atoms with Crippen LogP contribution in [0, 0.1) is 0 Å². The molecule has 0 aromatic carbocycles. The monoisotopic (exact) mass is 271 g/mol. The maximum absolute atomic E-state index is 4.43. The largest absolute Gasteiger partial charge is 0.347 e. The van der Waals surface area contributed by atoms with Crippen LogP contribution in [0.2, 0.25) is 0 Å². The molecule has 1 aliphatic heterocycles. The van der Waals surface area contributed by atoms with Gasteiger partial charge in [-0.25, -0.2) is 4.98 Å². The Hall–Kier alpha value is -1.91. The number of hydrogen-bond donors (Lipinski definition) is 0. The smallest absolute Gasteiger partial charge is 0.151 e. The Morgan fingerprint density at radius 3 is 2.75 bits per heavy atom. The highest BCUT2D eigenvalue weighted by molar-refractivity contribution is 5.39. The van der Waals surface area contributed by atoms with Crippen LogP contribution in [0.15, 0.2) is 24.7 Å². The highest BCUT2D eigenvalue weighted by Crippen LogP contribution is 2.26. The Balaban J connectivity index is 1.79. The molecule has 5 heteroatoms. The second-order valence-electron chi connectivity index (χ2n) is 6.01. The van der Waals surface area contributed by atoms with E-state index in [-0.39, 0.29) is 5.41 Å². The van der Waals surface area contributed by atoms with Crippen molar-refractivity contribution in [2.24, 2.45) is 0 Å². The van der Waals surface area contributed by atoms with Crippen LogP contribution in [-0.2, 0) is 18.5 Å². The lowest BCUT2D eigenvalue weighted by atomic mass is 9.86. The summed E-state index contributed by atoms with van der Waals surface area (Å²) in [6, 6.07) is 4.20. The van der Waals surface area contributed by atoms with E-state index in [2.05, 4.69) is 57.6 Å². The van der Waals surface area contributed by atoms with Crippen molar-refractivity contribution in [1.29, 1.82) is 0 Å². The number of aromatic nitrogens is 4. The SMILES string of the molecule is CCC(C)(C)c1ccc(N2CCn3cncc3C2)nn1. The van der Waals surface area contributed by atoms with Crippen LogP contribution in [0.25, 0.3) is 0 Å². The Morgan fingerprint density at radius 1 is 1.20 bits per heavy atom. The van der Waals surface area contributed by atoms with Gasteiger partial charge in [-0.15, -0.1) is 5.10 Å². The second kappa shape index (κ2) is 4.89. The van der Waals surface area contributed by atoms with Crippen LogP contribution in [0.4, 0.5) is 5.82 Å². The molecule has 0 unspecified atom stereocenters. The van der Waals surface area contributed by atoms with Crippen molar-refractivity contribution >= 4 is 5.82 Å². The first-order valence-electron chi connectivity index (χ1n) is 7.18. The Labute approximate surface area is 119 Å². The fourth-order valence-electron chi connectivity index (χ4n) is 2.42. The summed E-state index contributed by atoms with van der Waals surface area (Å²) < 4.78 is 2.19. The maximum Gasteiger partial charge on any atom is 0.151 e. The lowest BCUT2D eigenvalue weighted by Crippen LogP contribution is -2.34. The van der Waals surface area contributed by atoms with Gasteiger partial charge in [-0.3, -0.25) is 0 Å². The van der Waals surface area contributed by atoms with Gasteiger partial charge >= 0.3 is 0 Å². The highest BCUT2D eigenvalue weighted by Gasteiger charge is 2.22. The van der Waals surface area contributed by atoms with Gasteiger partial charge in [0, 0.05) is 24.7 Å². The van der Waals surface area contributed by atoms with E-state index in [1.54, 1.807) is 0 Å². The molecule has 0 atom stereocenters. The van der Waals surface area contributed by atoms with Gasteiger partial charge in [-0.1, -0.05) is 20.8 Å². The first-order valence-corrected chi connectivity index (χ1v) is 7.18. The fraction of sp³-hybridized carbons (Fsp3) is 0.533. The lowest BCUT2D eigenvalue weighted by molar-refractivity contribution is 0.482. The summed E-state index contributed by atoms with van der Waals surface area (Å²) in [6.07, 6.45) is 4.88. The fourth-order valence-corrected chi connectivity index (χ4v) is 2.42. The predicted octanol–water partition coefficient (Wildman–Crippen LogP) is 2.38. The molecule has 0 N–H and O–H groups in total. The van der Waals surface area contributed by atoms with E-state index in [9.17, 15) is 0 Å². The normalized spacial score (nSPS) is 15.2. The highest BCUT2D eigenvalue weighted by atomic mass is 15.3. The molecule has 3 heterocycles. The molecule has 5 nitrogen and oxygen atoms in total. The third-order valence-corrected chi connectivity index (χ3v) is 4.31. The van der Waals surface area contributed by atoms with Crippen LogP contribution in [0.3, 0.4) is 0 Å². The average Bonchev–Trinajstić information content (AvgIpc) is 2.94. The number of hydrogen-bond acceptors (Lipinski definition) is 4. The van der Waals surface area contributed by atoms with Gasteiger partial charge in [-0.05, 0) is 18.6 Å². The van der Waals surface area contributed by atoms with Crippen LogP contribution in [0.1, 0.15) is 38.6 Å². The number of anilines is 1. The third-order valence-electron chi connectivity index (χ3n) is 4.31. The lowest BCUT2D eigenvalue weighted by Gasteiger charge is -2.29. The topological polar surface area (TPSA) is 46.8 Å². The zero-order valence-corrected chi connectivity index (χ0v) is 12.4. The van der Waals surface area contributed by atoms with Gasteiger partial charge in [0.25, 0.3) is 0 Å². The van der Waals surface area contributed by atoms with Crippen molar-refractivity contribution in [3.05, 3.63) is 36.0 Å². The molecule has 0 bridgehead atoms. The standard InChI is InChI=1S/C15H21N5/c1-4-15(2,3)13-5-6-14(18-17-13)19-7-8-20-11-16-9-12(20)10-19/h5-6,9,11H,4,7-8,10H2,1-3H3. The molecule has 0 saturated carbocycles. The Bertz CT molecular complexity index is 585. The van der Waals surface area contributed by atoms with Gasteiger partial charge in [-0.2, -0.15) is 5.10 Å². The minimum absolute atomic E-state index is 0.0893. The van der Waals surface area contributed by atoms with Crippen LogP contribution in [0.5, 0.6) is 0 Å². The molecule has 0 fully saturated rings. The van der Waals surface area contributed by atoms with E-state index in [0.717, 1.165) is 37.6 Å². The zero-order valence-electron chi connectivity index (χ0n) is 12.4. The molecule has 0 aliphatic carbocycles. The minimum atomic E-state index is 0.0893. The van der Waals surface area contributed by atoms with Crippen molar-refractivity contribution in [2.75, 3.05) is 11.4 Å². The molecular formula is C15H21N5. The first-order chi connectivity index (χ1) is 9.60. The van der Waals surface area contributed by atoms with Gasteiger partial charge in [0.15, 0.2) is 5.82 Å². The zero-order chi connectivity index (χ0) is 14.2. The van der Waals surface area contributed by atoms with Gasteiger partial charge in [0.2, 0.25) is 0 Å². The molecule has 3 rings (SSSR count). The number of rotatable bonds is 3. The summed E-state index contributed by atoms with van der Waals surface area (Å²) in [7, 11) is 0. The molecule has 2 aromatic heterocycles. The van der Waals surface area contributed by atoms with E-state index in [4.69, 9.17) is 0 Å². The molecule has 0 saturated heterocycles. The summed E-state index contributed by atoms with van der Waals surface area (Å²) in [5, 5.41) is 8.85. The van der Waals surface area contributed by atoms with Crippen molar-refractivity contribution in [3.8, 4) is 0 Å². The van der Waals surface area contributed by atoms with E-state index in [1.807, 2.05) is 12.5 Å².